The van der Waals surface area contributed by atoms with Crippen LogP contribution in [0.2, 0.25) is 0 Å². The number of amides is 1. The average Bonchev–Trinajstić information content (AvgIpc) is 2.35. The van der Waals surface area contributed by atoms with Crippen molar-refractivity contribution in [3.8, 4) is 0 Å². The Bertz CT molecular complexity index is 449. The Morgan fingerprint density at radius 3 is 2.35 bits per heavy atom. The lowest BCUT2D eigenvalue weighted by Crippen LogP contribution is -2.41. The molecule has 0 aromatic heterocycles. The van der Waals surface area contributed by atoms with E-state index in [9.17, 15) is 4.79 Å². The molecular weight excluding hydrogens is 248 g/mol. The topological polar surface area (TPSA) is 41.1 Å². The molecule has 20 heavy (non-hydrogen) atoms. The van der Waals surface area contributed by atoms with Crippen LogP contribution in [0.4, 0.5) is 0 Å². The van der Waals surface area contributed by atoms with E-state index >= 15 is 0 Å². The van der Waals surface area contributed by atoms with Crippen molar-refractivity contribution in [1.29, 1.82) is 0 Å². The van der Waals surface area contributed by atoms with E-state index in [1.165, 1.54) is 11.1 Å². The molecule has 0 radical (unpaired) electrons. The van der Waals surface area contributed by atoms with Crippen LogP contribution in [-0.4, -0.2) is 19.5 Å². The molecule has 0 aliphatic carbocycles. The van der Waals surface area contributed by atoms with Gasteiger partial charge in [0.05, 0.1) is 6.04 Å². The van der Waals surface area contributed by atoms with Crippen LogP contribution in [0.15, 0.2) is 24.3 Å². The second-order valence-electron chi connectivity index (χ2n) is 6.62. The van der Waals surface area contributed by atoms with E-state index in [4.69, 9.17) is 0 Å². The quantitative estimate of drug-likeness (QED) is 0.868. The highest BCUT2D eigenvalue weighted by molar-refractivity contribution is 5.79. The highest BCUT2D eigenvalue weighted by Crippen LogP contribution is 2.34. The van der Waals surface area contributed by atoms with Crippen LogP contribution in [0.3, 0.4) is 0 Å². The Morgan fingerprint density at radius 2 is 1.85 bits per heavy atom. The van der Waals surface area contributed by atoms with E-state index in [1.54, 1.807) is 0 Å². The maximum Gasteiger partial charge on any atom is 0.224 e. The summed E-state index contributed by atoms with van der Waals surface area (Å²) in [5.41, 5.74) is 2.39. The van der Waals surface area contributed by atoms with Gasteiger partial charge in [0, 0.05) is 12.5 Å². The summed E-state index contributed by atoms with van der Waals surface area (Å²) in [6.45, 7) is 11.2. The molecule has 0 aliphatic heterocycles. The summed E-state index contributed by atoms with van der Waals surface area (Å²) in [6, 6.07) is 8.29. The van der Waals surface area contributed by atoms with Crippen LogP contribution >= 0.6 is 0 Å². The lowest BCUT2D eigenvalue weighted by atomic mass is 9.80. The lowest BCUT2D eigenvalue weighted by molar-refractivity contribution is -0.125. The van der Waals surface area contributed by atoms with Crippen molar-refractivity contribution in [1.82, 2.24) is 10.6 Å². The van der Waals surface area contributed by atoms with Crippen LogP contribution < -0.4 is 10.6 Å². The van der Waals surface area contributed by atoms with Gasteiger partial charge in [-0.15, -0.1) is 0 Å². The summed E-state index contributed by atoms with van der Waals surface area (Å²) in [5, 5.41) is 6.27. The van der Waals surface area contributed by atoms with Crippen LogP contribution in [0.5, 0.6) is 0 Å². The molecule has 1 amide bonds. The van der Waals surface area contributed by atoms with E-state index in [0.29, 0.717) is 6.54 Å². The molecule has 2 unspecified atom stereocenters. The zero-order valence-corrected chi connectivity index (χ0v) is 13.6. The van der Waals surface area contributed by atoms with Gasteiger partial charge in [0.2, 0.25) is 5.91 Å². The summed E-state index contributed by atoms with van der Waals surface area (Å²) < 4.78 is 0. The van der Waals surface area contributed by atoms with Gasteiger partial charge in [-0.2, -0.15) is 0 Å². The van der Waals surface area contributed by atoms with E-state index in [1.807, 2.05) is 26.1 Å². The fourth-order valence-electron chi connectivity index (χ4n) is 2.35. The minimum atomic E-state index is -0.0335. The van der Waals surface area contributed by atoms with Gasteiger partial charge < -0.3 is 10.6 Å². The molecule has 0 bridgehead atoms. The van der Waals surface area contributed by atoms with Crippen molar-refractivity contribution in [2.75, 3.05) is 13.6 Å². The second-order valence-corrected chi connectivity index (χ2v) is 6.62. The van der Waals surface area contributed by atoms with Crippen molar-refractivity contribution < 1.29 is 4.79 Å². The van der Waals surface area contributed by atoms with Gasteiger partial charge in [0.25, 0.3) is 0 Å². The van der Waals surface area contributed by atoms with Gasteiger partial charge in [0.1, 0.15) is 0 Å². The van der Waals surface area contributed by atoms with Gasteiger partial charge in [0.15, 0.2) is 0 Å². The summed E-state index contributed by atoms with van der Waals surface area (Å²) in [4.78, 5) is 12.3. The Kier molecular flexibility index (Phi) is 5.75. The summed E-state index contributed by atoms with van der Waals surface area (Å²) >= 11 is 0. The maximum absolute atomic E-state index is 12.3. The average molecular weight is 276 g/mol. The molecule has 0 heterocycles. The fourth-order valence-corrected chi connectivity index (χ4v) is 2.35. The molecule has 3 heteroatoms. The van der Waals surface area contributed by atoms with Crippen molar-refractivity contribution in [3.63, 3.8) is 0 Å². The van der Waals surface area contributed by atoms with Crippen LogP contribution in [0.25, 0.3) is 0 Å². The Labute approximate surface area is 123 Å². The van der Waals surface area contributed by atoms with Crippen molar-refractivity contribution in [2.45, 2.75) is 40.7 Å². The maximum atomic E-state index is 12.3. The minimum Gasteiger partial charge on any atom is -0.348 e. The van der Waals surface area contributed by atoms with E-state index in [0.717, 1.165) is 0 Å². The number of benzene rings is 1. The Balaban J connectivity index is 2.98. The van der Waals surface area contributed by atoms with Gasteiger partial charge in [-0.05, 0) is 30.5 Å². The van der Waals surface area contributed by atoms with Crippen LogP contribution in [-0.2, 0) is 4.79 Å². The number of nitrogens with one attached hydrogen (secondary N) is 2. The number of hydrogen-bond acceptors (Lipinski definition) is 2. The standard InChI is InChI=1S/C17H28N2O/c1-12-9-7-8-10-14(12)15(17(3,4)5)19-16(20)13(2)11-18-6/h7-10,13,15,18H,11H2,1-6H3,(H,19,20). The predicted octanol–water partition coefficient (Wildman–Crippen LogP) is 3.05. The third-order valence-corrected chi connectivity index (χ3v) is 3.61. The molecule has 1 aromatic carbocycles. The smallest absolute Gasteiger partial charge is 0.224 e. The van der Waals surface area contributed by atoms with Gasteiger partial charge >= 0.3 is 0 Å². The molecule has 0 saturated heterocycles. The first kappa shape index (κ1) is 16.7. The Morgan fingerprint density at radius 1 is 1.25 bits per heavy atom. The summed E-state index contributed by atoms with van der Waals surface area (Å²) in [5.74, 6) is 0.0661. The second kappa shape index (κ2) is 6.89. The third-order valence-electron chi connectivity index (χ3n) is 3.61. The first-order chi connectivity index (χ1) is 9.27. The molecule has 0 spiro atoms. The fraction of sp³-hybridized carbons (Fsp3) is 0.588. The largest absolute Gasteiger partial charge is 0.348 e. The predicted molar refractivity (Wildman–Crippen MR) is 84.6 cm³/mol. The van der Waals surface area contributed by atoms with Crippen molar-refractivity contribution in [3.05, 3.63) is 35.4 Å². The van der Waals surface area contributed by atoms with E-state index in [-0.39, 0.29) is 23.3 Å². The summed E-state index contributed by atoms with van der Waals surface area (Å²) in [6.07, 6.45) is 0. The lowest BCUT2D eigenvalue weighted by Gasteiger charge is -2.34. The van der Waals surface area contributed by atoms with E-state index in [2.05, 4.69) is 50.5 Å². The first-order valence-electron chi connectivity index (χ1n) is 7.28. The summed E-state index contributed by atoms with van der Waals surface area (Å²) in [7, 11) is 1.87. The van der Waals surface area contributed by atoms with Crippen molar-refractivity contribution in [2.24, 2.45) is 11.3 Å². The SMILES string of the molecule is CNCC(C)C(=O)NC(c1ccccc1C)C(C)(C)C. The van der Waals surface area contributed by atoms with Crippen LogP contribution in [0.1, 0.15) is 44.9 Å². The molecule has 0 saturated carbocycles. The van der Waals surface area contributed by atoms with E-state index < -0.39 is 0 Å². The molecule has 112 valence electrons. The third kappa shape index (κ3) is 4.34. The number of carbonyl (C=O) groups excluding carboxylic acids is 1. The van der Waals surface area contributed by atoms with Gasteiger partial charge in [-0.25, -0.2) is 0 Å². The number of carbonyl (C=O) groups is 1. The molecule has 3 nitrogen and oxygen atoms in total. The highest BCUT2D eigenvalue weighted by Gasteiger charge is 2.29. The molecule has 0 fully saturated rings. The number of aryl methyl sites for hydroxylation is 1. The molecule has 0 aliphatic rings. The van der Waals surface area contributed by atoms with Crippen molar-refractivity contribution >= 4 is 5.91 Å². The Hall–Kier alpha value is -1.35. The zero-order chi connectivity index (χ0) is 15.3. The van der Waals surface area contributed by atoms with Crippen LogP contribution in [0, 0.1) is 18.3 Å². The molecule has 2 N–H and O–H groups in total. The monoisotopic (exact) mass is 276 g/mol. The van der Waals surface area contributed by atoms with Gasteiger partial charge in [-0.1, -0.05) is 52.0 Å². The zero-order valence-electron chi connectivity index (χ0n) is 13.6. The minimum absolute atomic E-state index is 0.0236. The number of hydrogen-bond donors (Lipinski definition) is 2. The first-order valence-corrected chi connectivity index (χ1v) is 7.28. The molecule has 2 atom stereocenters. The number of rotatable bonds is 5. The molecule has 1 rings (SSSR count). The van der Waals surface area contributed by atoms with Gasteiger partial charge in [-0.3, -0.25) is 4.79 Å². The normalized spacial score (nSPS) is 14.7. The highest BCUT2D eigenvalue weighted by atomic mass is 16.1. The molecule has 1 aromatic rings. The molecular formula is C17H28N2O.